The molecule has 2 aromatic rings. The Bertz CT molecular complexity index is 833. The molecule has 0 atom stereocenters. The lowest BCUT2D eigenvalue weighted by Gasteiger charge is -2.43. The highest BCUT2D eigenvalue weighted by Gasteiger charge is 2.53. The van der Waals surface area contributed by atoms with E-state index in [1.165, 1.54) is 0 Å². The van der Waals surface area contributed by atoms with Crippen LogP contribution in [-0.2, 0) is 4.79 Å². The van der Waals surface area contributed by atoms with Gasteiger partial charge in [0, 0.05) is 38.7 Å². The van der Waals surface area contributed by atoms with Crippen LogP contribution >= 0.6 is 0 Å². The Morgan fingerprint density at radius 2 is 2.25 bits per heavy atom. The molecule has 2 aromatic heterocycles. The molecule has 24 heavy (non-hydrogen) atoms. The number of anilines is 2. The molecule has 1 amide bonds. The Kier molecular flexibility index (Phi) is 3.30. The Morgan fingerprint density at radius 1 is 1.42 bits per heavy atom. The number of aromatic nitrogens is 3. The van der Waals surface area contributed by atoms with Gasteiger partial charge in [-0.1, -0.05) is 0 Å². The fourth-order valence-corrected chi connectivity index (χ4v) is 3.60. The van der Waals surface area contributed by atoms with Crippen LogP contribution in [0.25, 0.3) is 11.0 Å². The maximum atomic E-state index is 12.4. The van der Waals surface area contributed by atoms with Crippen molar-refractivity contribution in [2.75, 3.05) is 30.3 Å². The van der Waals surface area contributed by atoms with Crippen molar-refractivity contribution < 1.29 is 4.79 Å². The first-order valence-electron chi connectivity index (χ1n) is 8.16. The van der Waals surface area contributed by atoms with E-state index < -0.39 is 0 Å². The molecule has 0 aromatic carbocycles. The first-order valence-corrected chi connectivity index (χ1v) is 8.16. The number of aromatic amines is 1. The van der Waals surface area contributed by atoms with Crippen LogP contribution in [0, 0.1) is 11.3 Å². The van der Waals surface area contributed by atoms with Crippen molar-refractivity contribution in [3.63, 3.8) is 0 Å². The third-order valence-electron chi connectivity index (χ3n) is 4.94. The highest BCUT2D eigenvalue weighted by molar-refractivity contribution is 5.89. The summed E-state index contributed by atoms with van der Waals surface area (Å²) in [6.07, 6.45) is 4.41. The van der Waals surface area contributed by atoms with Gasteiger partial charge in [-0.15, -0.1) is 0 Å². The summed E-state index contributed by atoms with van der Waals surface area (Å²) in [7, 11) is 0. The number of nitrogens with zero attached hydrogens (tertiary/aromatic N) is 5. The van der Waals surface area contributed by atoms with Crippen LogP contribution in [-0.4, -0.2) is 50.9 Å². The van der Waals surface area contributed by atoms with Gasteiger partial charge < -0.3 is 20.5 Å². The van der Waals surface area contributed by atoms with Gasteiger partial charge in [0.05, 0.1) is 17.0 Å². The van der Waals surface area contributed by atoms with E-state index in [1.54, 1.807) is 0 Å². The molecule has 1 spiro atoms. The van der Waals surface area contributed by atoms with Crippen molar-refractivity contribution >= 4 is 28.7 Å². The second-order valence-electron chi connectivity index (χ2n) is 6.49. The van der Waals surface area contributed by atoms with Crippen LogP contribution in [0.15, 0.2) is 12.3 Å². The van der Waals surface area contributed by atoms with Crippen LogP contribution < -0.4 is 10.6 Å². The molecule has 3 N–H and O–H groups in total. The Morgan fingerprint density at radius 3 is 3.00 bits per heavy atom. The summed E-state index contributed by atoms with van der Waals surface area (Å²) >= 11 is 0. The lowest BCUT2D eigenvalue weighted by atomic mass is 10.1. The number of nitrogens with one attached hydrogen (secondary N) is 1. The molecule has 1 saturated carbocycles. The number of nitrogen functional groups attached to an aromatic ring is 1. The van der Waals surface area contributed by atoms with Gasteiger partial charge in [0.25, 0.3) is 0 Å². The number of fused-ring (bicyclic) bond motifs is 1. The minimum Gasteiger partial charge on any atom is -0.368 e. The van der Waals surface area contributed by atoms with Crippen LogP contribution in [0.4, 0.5) is 11.8 Å². The largest absolute Gasteiger partial charge is 0.368 e. The minimum atomic E-state index is -0.104. The van der Waals surface area contributed by atoms with E-state index in [9.17, 15) is 4.79 Å². The van der Waals surface area contributed by atoms with Crippen LogP contribution in [0.5, 0.6) is 0 Å². The molecule has 4 rings (SSSR count). The molecule has 0 bridgehead atoms. The zero-order valence-corrected chi connectivity index (χ0v) is 13.3. The predicted molar refractivity (Wildman–Crippen MR) is 89.0 cm³/mol. The van der Waals surface area contributed by atoms with E-state index in [2.05, 4.69) is 25.9 Å². The molecule has 0 unspecified atom stereocenters. The lowest BCUT2D eigenvalue weighted by molar-refractivity contribution is -0.134. The molecule has 0 radical (unpaired) electrons. The molecule has 1 aliphatic heterocycles. The number of carbonyl (C=O) groups excluding carboxylic acids is 1. The van der Waals surface area contributed by atoms with E-state index in [1.807, 2.05) is 17.2 Å². The number of hydrogen-bond acceptors (Lipinski definition) is 6. The van der Waals surface area contributed by atoms with Crippen molar-refractivity contribution in [2.45, 2.75) is 31.2 Å². The second kappa shape index (κ2) is 5.37. The molecule has 8 nitrogen and oxygen atoms in total. The fourth-order valence-electron chi connectivity index (χ4n) is 3.60. The molecule has 2 fully saturated rings. The first-order chi connectivity index (χ1) is 11.6. The van der Waals surface area contributed by atoms with Gasteiger partial charge in [0.1, 0.15) is 11.5 Å². The fraction of sp³-hybridized carbons (Fsp3) is 0.500. The number of H-pyrrole nitrogens is 1. The number of carbonyl (C=O) groups is 1. The Labute approximate surface area is 139 Å². The van der Waals surface area contributed by atoms with Gasteiger partial charge in [-0.25, -0.2) is 0 Å². The zero-order valence-electron chi connectivity index (χ0n) is 13.3. The van der Waals surface area contributed by atoms with Crippen LogP contribution in [0.1, 0.15) is 25.7 Å². The standard InChI is InChI=1S/C16H19N7O/c17-6-1-2-12(24)23-9-8-22(10-16(23)4-5-16)14-11-3-7-19-13(11)20-15(18)21-14/h3,7H,1-2,4-5,8-10H2,(H3,18,19,20,21). The van der Waals surface area contributed by atoms with Gasteiger partial charge in [0.2, 0.25) is 11.9 Å². The van der Waals surface area contributed by atoms with Gasteiger partial charge in [-0.3, -0.25) is 4.79 Å². The molecule has 1 aliphatic carbocycles. The van der Waals surface area contributed by atoms with E-state index in [0.29, 0.717) is 19.5 Å². The SMILES string of the molecule is N#CCCC(=O)N1CCN(c2nc(N)nc3[nH]ccc23)CC12CC2. The highest BCUT2D eigenvalue weighted by atomic mass is 16.2. The third-order valence-corrected chi connectivity index (χ3v) is 4.94. The summed E-state index contributed by atoms with van der Waals surface area (Å²) in [5.74, 6) is 1.16. The number of nitriles is 1. The monoisotopic (exact) mass is 325 g/mol. The molecule has 8 heteroatoms. The maximum absolute atomic E-state index is 12.4. The zero-order chi connectivity index (χ0) is 16.7. The average Bonchev–Trinajstić information content (AvgIpc) is 3.16. The molecular weight excluding hydrogens is 306 g/mol. The van der Waals surface area contributed by atoms with Gasteiger partial charge in [-0.05, 0) is 18.9 Å². The van der Waals surface area contributed by atoms with Gasteiger partial charge >= 0.3 is 0 Å². The number of rotatable bonds is 3. The Balaban J connectivity index is 1.59. The van der Waals surface area contributed by atoms with Crippen LogP contribution in [0.3, 0.4) is 0 Å². The summed E-state index contributed by atoms with van der Waals surface area (Å²) in [6, 6.07) is 4.00. The van der Waals surface area contributed by atoms with E-state index >= 15 is 0 Å². The molecule has 2 aliphatic rings. The number of amides is 1. The smallest absolute Gasteiger partial charge is 0.224 e. The third kappa shape index (κ3) is 2.33. The lowest BCUT2D eigenvalue weighted by Crippen LogP contribution is -2.57. The van der Waals surface area contributed by atoms with Crippen molar-refractivity contribution in [3.05, 3.63) is 12.3 Å². The molecular formula is C16H19N7O. The number of nitrogens with two attached hydrogens (primary N) is 1. The van der Waals surface area contributed by atoms with Crippen molar-refractivity contribution in [1.82, 2.24) is 19.9 Å². The number of hydrogen-bond donors (Lipinski definition) is 2. The summed E-state index contributed by atoms with van der Waals surface area (Å²) in [5, 5.41) is 9.65. The first kappa shape index (κ1) is 14.8. The van der Waals surface area contributed by atoms with Gasteiger partial charge in [-0.2, -0.15) is 15.2 Å². The second-order valence-corrected chi connectivity index (χ2v) is 6.49. The summed E-state index contributed by atoms with van der Waals surface area (Å²) < 4.78 is 0. The maximum Gasteiger partial charge on any atom is 0.224 e. The summed E-state index contributed by atoms with van der Waals surface area (Å²) in [4.78, 5) is 28.3. The van der Waals surface area contributed by atoms with Crippen molar-refractivity contribution in [3.8, 4) is 6.07 Å². The van der Waals surface area contributed by atoms with Crippen molar-refractivity contribution in [1.29, 1.82) is 5.26 Å². The van der Waals surface area contributed by atoms with Gasteiger partial charge in [0.15, 0.2) is 0 Å². The Hall–Kier alpha value is -2.82. The normalized spacial score (nSPS) is 18.8. The molecule has 1 saturated heterocycles. The summed E-state index contributed by atoms with van der Waals surface area (Å²) in [6.45, 7) is 2.11. The van der Waals surface area contributed by atoms with E-state index in [-0.39, 0.29) is 23.8 Å². The quantitative estimate of drug-likeness (QED) is 0.871. The average molecular weight is 325 g/mol. The highest BCUT2D eigenvalue weighted by Crippen LogP contribution is 2.45. The predicted octanol–water partition coefficient (Wildman–Crippen LogP) is 1.03. The van der Waals surface area contributed by atoms with E-state index in [4.69, 9.17) is 11.0 Å². The number of piperazine rings is 1. The molecule has 3 heterocycles. The van der Waals surface area contributed by atoms with E-state index in [0.717, 1.165) is 36.2 Å². The summed E-state index contributed by atoms with van der Waals surface area (Å²) in [5.41, 5.74) is 6.47. The molecule has 124 valence electrons. The minimum absolute atomic E-state index is 0.0858. The topological polar surface area (TPSA) is 115 Å². The van der Waals surface area contributed by atoms with Crippen LogP contribution in [0.2, 0.25) is 0 Å². The van der Waals surface area contributed by atoms with Crippen molar-refractivity contribution in [2.24, 2.45) is 0 Å².